The molecule has 0 radical (unpaired) electrons. The molecule has 3 rings (SSSR count). The summed E-state index contributed by atoms with van der Waals surface area (Å²) in [6.07, 6.45) is 0. The van der Waals surface area contributed by atoms with E-state index in [1.807, 2.05) is 19.1 Å². The molecule has 1 aromatic heterocycles. The Bertz CT molecular complexity index is 733. The second-order valence-corrected chi connectivity index (χ2v) is 5.69. The summed E-state index contributed by atoms with van der Waals surface area (Å²) >= 11 is 0. The topological polar surface area (TPSA) is 61.1 Å². The molecule has 1 aliphatic rings. The summed E-state index contributed by atoms with van der Waals surface area (Å²) in [4.78, 5) is 14.5. The lowest BCUT2D eigenvalue weighted by atomic mass is 10.1. The van der Waals surface area contributed by atoms with Crippen molar-refractivity contribution in [2.75, 3.05) is 39.5 Å². The van der Waals surface area contributed by atoms with Crippen molar-refractivity contribution >= 4 is 16.9 Å². The van der Waals surface area contributed by atoms with Gasteiger partial charge in [0.1, 0.15) is 19.8 Å². The smallest absolute Gasteiger partial charge is 0.374 e. The maximum Gasteiger partial charge on any atom is 0.374 e. The molecule has 0 unspecified atom stereocenters. The number of benzene rings is 1. The van der Waals surface area contributed by atoms with Gasteiger partial charge in [0, 0.05) is 17.5 Å². The van der Waals surface area contributed by atoms with Gasteiger partial charge in [0.05, 0.1) is 0 Å². The number of hydrogen-bond donors (Lipinski definition) is 0. The van der Waals surface area contributed by atoms with Crippen LogP contribution in [0, 0.1) is 6.92 Å². The number of likely N-dealkylation sites (N-methyl/N-ethyl adjacent to an activating group) is 1. The molecule has 2 heterocycles. The van der Waals surface area contributed by atoms with Gasteiger partial charge in [-0.2, -0.15) is 0 Å². The molecule has 0 fully saturated rings. The number of carbonyl (C=O) groups is 1. The molecule has 6 heteroatoms. The first-order chi connectivity index (χ1) is 11.7. The number of furan rings is 1. The minimum atomic E-state index is -0.443. The van der Waals surface area contributed by atoms with Gasteiger partial charge < -0.3 is 23.5 Å². The van der Waals surface area contributed by atoms with Gasteiger partial charge in [-0.3, -0.25) is 0 Å². The van der Waals surface area contributed by atoms with Gasteiger partial charge in [-0.05, 0) is 32.1 Å². The minimum Gasteiger partial charge on any atom is -0.486 e. The number of nitrogens with zero attached hydrogens (tertiary/aromatic N) is 1. The van der Waals surface area contributed by atoms with Crippen LogP contribution in [0.2, 0.25) is 0 Å². The third kappa shape index (κ3) is 3.06. The zero-order valence-corrected chi connectivity index (χ0v) is 14.4. The highest BCUT2D eigenvalue weighted by atomic mass is 16.6. The molecular weight excluding hydrogens is 310 g/mol. The first-order valence-electron chi connectivity index (χ1n) is 8.36. The standard InChI is InChI=1S/C18H23NO5/c1-4-19(5-2)8-9-23-18(20)15-12(3)13-6-7-14-17(16(13)24-15)22-11-10-21-14/h6-7H,4-5,8-11H2,1-3H3. The van der Waals surface area contributed by atoms with Crippen molar-refractivity contribution in [1.82, 2.24) is 4.90 Å². The summed E-state index contributed by atoms with van der Waals surface area (Å²) in [7, 11) is 0. The van der Waals surface area contributed by atoms with Crippen LogP contribution >= 0.6 is 0 Å². The summed E-state index contributed by atoms with van der Waals surface area (Å²) in [6.45, 7) is 9.91. The molecule has 0 aliphatic carbocycles. The average molecular weight is 333 g/mol. The van der Waals surface area contributed by atoms with E-state index in [0.29, 0.717) is 43.4 Å². The van der Waals surface area contributed by atoms with E-state index >= 15 is 0 Å². The maximum atomic E-state index is 12.4. The summed E-state index contributed by atoms with van der Waals surface area (Å²) in [5, 5.41) is 0.843. The van der Waals surface area contributed by atoms with Crippen molar-refractivity contribution < 1.29 is 23.4 Å². The predicted octanol–water partition coefficient (Wildman–Crippen LogP) is 3.01. The Hall–Kier alpha value is -2.21. The van der Waals surface area contributed by atoms with E-state index in [9.17, 15) is 4.79 Å². The van der Waals surface area contributed by atoms with E-state index in [1.54, 1.807) is 0 Å². The quantitative estimate of drug-likeness (QED) is 0.757. The fraction of sp³-hybridized carbons (Fsp3) is 0.500. The van der Waals surface area contributed by atoms with Crippen LogP contribution in [-0.4, -0.2) is 50.3 Å². The van der Waals surface area contributed by atoms with E-state index in [0.717, 1.165) is 24.0 Å². The van der Waals surface area contributed by atoms with Crippen LogP contribution < -0.4 is 9.47 Å². The lowest BCUT2D eigenvalue weighted by molar-refractivity contribution is 0.0432. The van der Waals surface area contributed by atoms with Crippen LogP contribution in [0.5, 0.6) is 11.5 Å². The Morgan fingerprint density at radius 2 is 1.96 bits per heavy atom. The average Bonchev–Trinajstić information content (AvgIpc) is 2.96. The number of ether oxygens (including phenoxy) is 3. The van der Waals surface area contributed by atoms with Gasteiger partial charge >= 0.3 is 5.97 Å². The Balaban J connectivity index is 1.79. The number of hydrogen-bond acceptors (Lipinski definition) is 6. The fourth-order valence-electron chi connectivity index (χ4n) is 2.86. The van der Waals surface area contributed by atoms with E-state index in [4.69, 9.17) is 18.6 Å². The van der Waals surface area contributed by atoms with Crippen molar-refractivity contribution in [3.8, 4) is 11.5 Å². The molecule has 1 aromatic carbocycles. The molecule has 24 heavy (non-hydrogen) atoms. The lowest BCUT2D eigenvalue weighted by Gasteiger charge is -2.17. The lowest BCUT2D eigenvalue weighted by Crippen LogP contribution is -2.27. The van der Waals surface area contributed by atoms with Crippen LogP contribution in [0.4, 0.5) is 0 Å². The van der Waals surface area contributed by atoms with Gasteiger partial charge in [0.15, 0.2) is 11.3 Å². The molecule has 130 valence electrons. The van der Waals surface area contributed by atoms with Gasteiger partial charge in [0.2, 0.25) is 11.5 Å². The third-order valence-electron chi connectivity index (χ3n) is 4.33. The van der Waals surface area contributed by atoms with Crippen molar-refractivity contribution in [3.05, 3.63) is 23.5 Å². The van der Waals surface area contributed by atoms with Crippen LogP contribution in [0.3, 0.4) is 0 Å². The zero-order valence-electron chi connectivity index (χ0n) is 14.4. The maximum absolute atomic E-state index is 12.4. The second-order valence-electron chi connectivity index (χ2n) is 5.69. The first kappa shape index (κ1) is 16.6. The molecule has 6 nitrogen and oxygen atoms in total. The molecule has 2 aromatic rings. The van der Waals surface area contributed by atoms with Crippen molar-refractivity contribution in [2.24, 2.45) is 0 Å². The highest BCUT2D eigenvalue weighted by molar-refractivity contribution is 5.98. The summed E-state index contributed by atoms with van der Waals surface area (Å²) in [6, 6.07) is 3.73. The van der Waals surface area contributed by atoms with E-state index < -0.39 is 5.97 Å². The second kappa shape index (κ2) is 7.13. The zero-order chi connectivity index (χ0) is 17.1. The molecule has 0 saturated heterocycles. The first-order valence-corrected chi connectivity index (χ1v) is 8.36. The summed E-state index contributed by atoms with van der Waals surface area (Å²) < 4.78 is 22.3. The monoisotopic (exact) mass is 333 g/mol. The molecule has 0 bridgehead atoms. The normalized spacial score (nSPS) is 13.5. The fourth-order valence-corrected chi connectivity index (χ4v) is 2.86. The molecule has 0 spiro atoms. The van der Waals surface area contributed by atoms with Gasteiger partial charge in [-0.15, -0.1) is 0 Å². The predicted molar refractivity (Wildman–Crippen MR) is 90.0 cm³/mol. The Morgan fingerprint density at radius 3 is 2.71 bits per heavy atom. The van der Waals surface area contributed by atoms with Gasteiger partial charge in [0.25, 0.3) is 0 Å². The summed E-state index contributed by atoms with van der Waals surface area (Å²) in [5.74, 6) is 0.987. The molecule has 0 N–H and O–H groups in total. The Labute approximate surface area is 141 Å². The van der Waals surface area contributed by atoms with Gasteiger partial charge in [-0.1, -0.05) is 13.8 Å². The number of carbonyl (C=O) groups excluding carboxylic acids is 1. The van der Waals surface area contributed by atoms with Crippen molar-refractivity contribution in [2.45, 2.75) is 20.8 Å². The SMILES string of the molecule is CCN(CC)CCOC(=O)c1oc2c3c(ccc2c1C)OCCO3. The highest BCUT2D eigenvalue weighted by Gasteiger charge is 2.24. The van der Waals surface area contributed by atoms with Crippen LogP contribution in [0.1, 0.15) is 30.0 Å². The number of aryl methyl sites for hydroxylation is 1. The molecule has 0 saturated carbocycles. The minimum absolute atomic E-state index is 0.229. The highest BCUT2D eigenvalue weighted by Crippen LogP contribution is 2.40. The summed E-state index contributed by atoms with van der Waals surface area (Å²) in [5.41, 5.74) is 1.30. The number of esters is 1. The Morgan fingerprint density at radius 1 is 1.21 bits per heavy atom. The number of rotatable bonds is 6. The molecule has 1 aliphatic heterocycles. The van der Waals surface area contributed by atoms with Crippen LogP contribution in [0.15, 0.2) is 16.5 Å². The van der Waals surface area contributed by atoms with Crippen LogP contribution in [-0.2, 0) is 4.74 Å². The molecule has 0 atom stereocenters. The van der Waals surface area contributed by atoms with E-state index in [1.165, 1.54) is 0 Å². The third-order valence-corrected chi connectivity index (χ3v) is 4.33. The van der Waals surface area contributed by atoms with E-state index in [-0.39, 0.29) is 5.76 Å². The Kier molecular flexibility index (Phi) is 4.94. The van der Waals surface area contributed by atoms with Crippen molar-refractivity contribution in [1.29, 1.82) is 0 Å². The molecular formula is C18H23NO5. The molecule has 0 amide bonds. The largest absolute Gasteiger partial charge is 0.486 e. The van der Waals surface area contributed by atoms with E-state index in [2.05, 4.69) is 18.7 Å². The number of fused-ring (bicyclic) bond motifs is 3. The van der Waals surface area contributed by atoms with Gasteiger partial charge in [-0.25, -0.2) is 4.79 Å². The van der Waals surface area contributed by atoms with Crippen molar-refractivity contribution in [3.63, 3.8) is 0 Å². The van der Waals surface area contributed by atoms with Crippen LogP contribution in [0.25, 0.3) is 11.0 Å².